The van der Waals surface area contributed by atoms with E-state index in [4.69, 9.17) is 21.2 Å². The van der Waals surface area contributed by atoms with Gasteiger partial charge in [0.2, 0.25) is 0 Å². The maximum atomic E-state index is 7.71. The summed E-state index contributed by atoms with van der Waals surface area (Å²) in [6.07, 6.45) is 8.63. The molecule has 24 heavy (non-hydrogen) atoms. The summed E-state index contributed by atoms with van der Waals surface area (Å²) in [6, 6.07) is 16.7. The number of benzene rings is 2. The molecule has 124 valence electrons. The Labute approximate surface area is 145 Å². The molecule has 0 amide bonds. The molecular weight excluding hydrogens is 414 g/mol. The zero-order valence-corrected chi connectivity index (χ0v) is 18.0. The number of hydrogen-bond acceptors (Lipinski definition) is 0. The third-order valence-electron chi connectivity index (χ3n) is 6.11. The van der Waals surface area contributed by atoms with Gasteiger partial charge in [-0.15, -0.1) is 0 Å². The number of hydrogen-bond donors (Lipinski definition) is 0. The molecule has 2 aromatic rings. The van der Waals surface area contributed by atoms with E-state index in [2.05, 4.69) is 70.0 Å². The average Bonchev–Trinajstić information content (AvgIpc) is 3.11. The molecule has 2 atom stereocenters. The molecule has 2 aromatic carbocycles. The first-order valence-electron chi connectivity index (χ1n) is 8.45. The molecule has 2 unspecified atom stereocenters. The molecule has 0 nitrogen and oxygen atoms in total. The molecule has 0 spiro atoms. The molecule has 0 N–H and O–H groups in total. The second kappa shape index (κ2) is 3.98. The molecule has 2 aliphatic rings. The summed E-state index contributed by atoms with van der Waals surface area (Å²) in [5.74, 6) is 0. The zero-order valence-electron chi connectivity index (χ0n) is 14.0. The monoisotopic (exact) mass is 434 g/mol. The van der Waals surface area contributed by atoms with Crippen molar-refractivity contribution in [3.63, 3.8) is 0 Å². The first-order valence-corrected chi connectivity index (χ1v) is 24.3. The third kappa shape index (κ3) is 2.18. The van der Waals surface area contributed by atoms with Crippen LogP contribution >= 0.6 is 17.0 Å². The van der Waals surface area contributed by atoms with Crippen LogP contribution in [0.5, 0.6) is 0 Å². The Morgan fingerprint density at radius 3 is 1.54 bits per heavy atom. The Balaban J connectivity index is 2.03. The van der Waals surface area contributed by atoms with Gasteiger partial charge in [0.15, 0.2) is 0 Å². The predicted octanol–water partition coefficient (Wildman–Crippen LogP) is 7.12. The van der Waals surface area contributed by atoms with Gasteiger partial charge in [-0.05, 0) is 0 Å². The maximum absolute atomic E-state index is 7.71. The minimum atomic E-state index is -5.54. The van der Waals surface area contributed by atoms with Gasteiger partial charge in [-0.3, -0.25) is 0 Å². The molecule has 4 rings (SSSR count). The van der Waals surface area contributed by atoms with Crippen molar-refractivity contribution in [3.05, 3.63) is 82.9 Å². The van der Waals surface area contributed by atoms with Gasteiger partial charge in [0, 0.05) is 0 Å². The van der Waals surface area contributed by atoms with Gasteiger partial charge in [0.25, 0.3) is 0 Å². The summed E-state index contributed by atoms with van der Waals surface area (Å²) in [6.45, 7) is 0. The number of allylic oxidation sites excluding steroid dienone is 2. The first kappa shape index (κ1) is 16.7. The van der Waals surface area contributed by atoms with Crippen LogP contribution in [-0.2, 0) is 12.9 Å². The average molecular weight is 437 g/mol. The fourth-order valence-corrected chi connectivity index (χ4v) is 21.9. The van der Waals surface area contributed by atoms with Crippen LogP contribution in [0.2, 0.25) is 9.26 Å². The zero-order chi connectivity index (χ0) is 17.3. The van der Waals surface area contributed by atoms with Gasteiger partial charge < -0.3 is 0 Å². The van der Waals surface area contributed by atoms with Crippen LogP contribution in [0.1, 0.15) is 29.5 Å². The van der Waals surface area contributed by atoms with Crippen molar-refractivity contribution in [3.8, 4) is 0 Å². The van der Waals surface area contributed by atoms with Gasteiger partial charge >= 0.3 is 146 Å². The van der Waals surface area contributed by atoms with Crippen LogP contribution in [-0.4, -0.2) is 4.21 Å². The summed E-state index contributed by atoms with van der Waals surface area (Å²) in [5.41, 5.74) is 4.78. The Bertz CT molecular complexity index is 974. The standard InChI is InChI=1S/2C9H7.2CH3.CH2.2ClH.Zr/c2*1-2-5-9-7-3-6-8(9)4-1;;;;;;/h2*1-7H;2*1H3;1H2;2*1H;/q;;;;;;;+2/p-2. The molecule has 0 saturated carbocycles. The Morgan fingerprint density at radius 2 is 1.12 bits per heavy atom. The van der Waals surface area contributed by atoms with Gasteiger partial charge in [-0.2, -0.15) is 0 Å². The van der Waals surface area contributed by atoms with Crippen molar-refractivity contribution in [1.29, 1.82) is 0 Å². The normalized spacial score (nSPS) is 26.1. The second-order valence-electron chi connectivity index (χ2n) is 9.40. The molecule has 0 aromatic heterocycles. The SMILES string of the molecule is [CH2]=[Zr]([CH3])([CH3])([Cl])([Cl])([CH]1C=Cc2ccccc21)[CH]1C=Cc2ccccc21. The number of fused-ring (bicyclic) bond motifs is 2. The molecule has 0 fully saturated rings. The van der Waals surface area contributed by atoms with Gasteiger partial charge in [0.1, 0.15) is 0 Å². The molecular formula is C21H22Cl2Zr. The summed E-state index contributed by atoms with van der Waals surface area (Å²) in [4.78, 5) is 0. The van der Waals surface area contributed by atoms with Crippen molar-refractivity contribution in [1.82, 2.24) is 0 Å². The Morgan fingerprint density at radius 1 is 0.750 bits per heavy atom. The minimum absolute atomic E-state index is 0.0675. The molecule has 3 heteroatoms. The summed E-state index contributed by atoms with van der Waals surface area (Å²) in [5, 5.41) is 0. The fraction of sp³-hybridized carbons (Fsp3) is 0.190. The van der Waals surface area contributed by atoms with E-state index < -0.39 is 12.9 Å². The second-order valence-corrected chi connectivity index (χ2v) is 55.1. The van der Waals surface area contributed by atoms with Crippen LogP contribution < -0.4 is 0 Å². The van der Waals surface area contributed by atoms with E-state index in [0.717, 1.165) is 0 Å². The first-order chi connectivity index (χ1) is 10.9. The van der Waals surface area contributed by atoms with E-state index in [1.807, 2.05) is 12.1 Å². The van der Waals surface area contributed by atoms with Gasteiger partial charge in [-0.1, -0.05) is 0 Å². The summed E-state index contributed by atoms with van der Waals surface area (Å²) < 4.78 is 8.77. The van der Waals surface area contributed by atoms with E-state index in [1.54, 1.807) is 0 Å². The molecule has 0 radical (unpaired) electrons. The Kier molecular flexibility index (Phi) is 2.77. The van der Waals surface area contributed by atoms with Crippen molar-refractivity contribution >= 4 is 33.4 Å². The number of rotatable bonds is 2. The van der Waals surface area contributed by atoms with E-state index in [-0.39, 0.29) is 7.25 Å². The molecule has 0 bridgehead atoms. The van der Waals surface area contributed by atoms with Crippen LogP contribution in [0.25, 0.3) is 12.2 Å². The molecule has 0 heterocycles. The predicted molar refractivity (Wildman–Crippen MR) is 107 cm³/mol. The molecule has 2 aliphatic carbocycles. The summed E-state index contributed by atoms with van der Waals surface area (Å²) in [7, 11) is 15.4. The topological polar surface area (TPSA) is 0 Å². The van der Waals surface area contributed by atoms with Crippen LogP contribution in [0, 0.1) is 0 Å². The molecule has 0 aliphatic heterocycles. The molecule has 0 saturated heterocycles. The van der Waals surface area contributed by atoms with E-state index >= 15 is 0 Å². The van der Waals surface area contributed by atoms with Crippen LogP contribution in [0.4, 0.5) is 0 Å². The van der Waals surface area contributed by atoms with Gasteiger partial charge in [-0.25, -0.2) is 0 Å². The summed E-state index contributed by atoms with van der Waals surface area (Å²) >= 11 is -5.54. The number of halogens is 2. The van der Waals surface area contributed by atoms with Crippen molar-refractivity contribution in [2.45, 2.75) is 16.5 Å². The quantitative estimate of drug-likeness (QED) is 0.470. The van der Waals surface area contributed by atoms with E-state index in [1.165, 1.54) is 22.3 Å². The van der Waals surface area contributed by atoms with Crippen molar-refractivity contribution in [2.24, 2.45) is 0 Å². The van der Waals surface area contributed by atoms with Crippen LogP contribution in [0.15, 0.2) is 60.7 Å². The van der Waals surface area contributed by atoms with E-state index in [0.29, 0.717) is 0 Å². The Hall–Kier alpha value is -0.747. The third-order valence-corrected chi connectivity index (χ3v) is 26.5. The van der Waals surface area contributed by atoms with Gasteiger partial charge in [0.05, 0.1) is 0 Å². The van der Waals surface area contributed by atoms with E-state index in [9.17, 15) is 0 Å². The fourth-order valence-electron chi connectivity index (χ4n) is 4.73. The van der Waals surface area contributed by atoms with Crippen molar-refractivity contribution in [2.75, 3.05) is 0 Å². The van der Waals surface area contributed by atoms with Crippen LogP contribution in [0.3, 0.4) is 0 Å². The van der Waals surface area contributed by atoms with Crippen molar-refractivity contribution < 1.29 is 12.9 Å².